The van der Waals surface area contributed by atoms with Gasteiger partial charge < -0.3 is 5.32 Å². The summed E-state index contributed by atoms with van der Waals surface area (Å²) in [6.07, 6.45) is -2.58. The van der Waals surface area contributed by atoms with E-state index in [1.807, 2.05) is 0 Å². The highest BCUT2D eigenvalue weighted by Gasteiger charge is 2.31. The van der Waals surface area contributed by atoms with Gasteiger partial charge in [-0.25, -0.2) is 13.2 Å². The molecule has 1 aliphatic rings. The molecule has 1 saturated heterocycles. The summed E-state index contributed by atoms with van der Waals surface area (Å²) >= 11 is 0. The minimum atomic E-state index is -2.58. The summed E-state index contributed by atoms with van der Waals surface area (Å²) in [4.78, 5) is 1.64. The second kappa shape index (κ2) is 5.51. The highest BCUT2D eigenvalue weighted by atomic mass is 19.3. The van der Waals surface area contributed by atoms with Gasteiger partial charge in [-0.05, 0) is 6.07 Å². The van der Waals surface area contributed by atoms with E-state index in [-0.39, 0.29) is 5.56 Å². The maximum absolute atomic E-state index is 13.6. The van der Waals surface area contributed by atoms with Crippen LogP contribution in [0.5, 0.6) is 0 Å². The zero-order valence-corrected chi connectivity index (χ0v) is 9.37. The van der Waals surface area contributed by atoms with Crippen LogP contribution in [0.1, 0.15) is 11.6 Å². The quantitative estimate of drug-likeness (QED) is 0.875. The van der Waals surface area contributed by atoms with Gasteiger partial charge in [0.25, 0.3) is 6.43 Å². The van der Waals surface area contributed by atoms with Crippen molar-refractivity contribution in [3.8, 4) is 0 Å². The molecule has 17 heavy (non-hydrogen) atoms. The lowest BCUT2D eigenvalue weighted by atomic mass is 10.0. The Hall–Kier alpha value is -1.07. The molecule has 1 aliphatic heterocycles. The normalized spacial score (nSPS) is 19.5. The molecule has 94 valence electrons. The van der Waals surface area contributed by atoms with Gasteiger partial charge in [-0.1, -0.05) is 18.2 Å². The number of rotatable bonds is 3. The SMILES string of the molecule is Fc1ccccc1[C@@H](C(F)F)N1CCNCC1. The average molecular weight is 244 g/mol. The molecular formula is C12H15F3N2. The monoisotopic (exact) mass is 244 g/mol. The molecule has 1 fully saturated rings. The summed E-state index contributed by atoms with van der Waals surface area (Å²) in [7, 11) is 0. The molecule has 1 aromatic carbocycles. The van der Waals surface area contributed by atoms with Gasteiger partial charge in [0.15, 0.2) is 0 Å². The molecule has 5 heteroatoms. The summed E-state index contributed by atoms with van der Waals surface area (Å²) in [5.41, 5.74) is 0.0874. The van der Waals surface area contributed by atoms with Crippen molar-refractivity contribution in [2.45, 2.75) is 12.5 Å². The number of nitrogens with zero attached hydrogens (tertiary/aromatic N) is 1. The molecule has 0 aromatic heterocycles. The van der Waals surface area contributed by atoms with Crippen molar-refractivity contribution >= 4 is 0 Å². The van der Waals surface area contributed by atoms with Crippen LogP contribution in [0.25, 0.3) is 0 Å². The summed E-state index contributed by atoms with van der Waals surface area (Å²) < 4.78 is 39.8. The fourth-order valence-corrected chi connectivity index (χ4v) is 2.17. The molecule has 0 amide bonds. The molecule has 0 bridgehead atoms. The molecule has 1 heterocycles. The van der Waals surface area contributed by atoms with E-state index in [1.165, 1.54) is 18.2 Å². The molecule has 0 spiro atoms. The van der Waals surface area contributed by atoms with Crippen LogP contribution in [-0.4, -0.2) is 37.5 Å². The van der Waals surface area contributed by atoms with Crippen molar-refractivity contribution in [2.75, 3.05) is 26.2 Å². The minimum absolute atomic E-state index is 0.0874. The van der Waals surface area contributed by atoms with Crippen molar-refractivity contribution in [3.05, 3.63) is 35.6 Å². The zero-order chi connectivity index (χ0) is 12.3. The fourth-order valence-electron chi connectivity index (χ4n) is 2.17. The Bertz CT molecular complexity index is 365. The van der Waals surface area contributed by atoms with E-state index in [4.69, 9.17) is 0 Å². The smallest absolute Gasteiger partial charge is 0.258 e. The number of hydrogen-bond donors (Lipinski definition) is 1. The second-order valence-corrected chi connectivity index (χ2v) is 4.09. The van der Waals surface area contributed by atoms with Crippen LogP contribution >= 0.6 is 0 Å². The first-order valence-electron chi connectivity index (χ1n) is 5.67. The first kappa shape index (κ1) is 12.4. The number of piperazine rings is 1. The molecule has 2 rings (SSSR count). The van der Waals surface area contributed by atoms with E-state index in [0.717, 1.165) is 0 Å². The number of benzene rings is 1. The van der Waals surface area contributed by atoms with Gasteiger partial charge in [-0.3, -0.25) is 4.90 Å². The van der Waals surface area contributed by atoms with Crippen molar-refractivity contribution in [3.63, 3.8) is 0 Å². The van der Waals surface area contributed by atoms with Crippen LogP contribution in [0.3, 0.4) is 0 Å². The third-order valence-corrected chi connectivity index (χ3v) is 3.01. The molecule has 1 N–H and O–H groups in total. The Morgan fingerprint density at radius 1 is 1.12 bits per heavy atom. The molecule has 1 atom stereocenters. The lowest BCUT2D eigenvalue weighted by molar-refractivity contribution is 0.0164. The van der Waals surface area contributed by atoms with Crippen LogP contribution in [0.15, 0.2) is 24.3 Å². The molecule has 2 nitrogen and oxygen atoms in total. The van der Waals surface area contributed by atoms with Crippen molar-refractivity contribution < 1.29 is 13.2 Å². The lowest BCUT2D eigenvalue weighted by Crippen LogP contribution is -2.47. The summed E-state index contributed by atoms with van der Waals surface area (Å²) in [6.45, 7) is 2.36. The topological polar surface area (TPSA) is 15.3 Å². The fraction of sp³-hybridized carbons (Fsp3) is 0.500. The van der Waals surface area contributed by atoms with Gasteiger partial charge in [-0.15, -0.1) is 0 Å². The highest BCUT2D eigenvalue weighted by Crippen LogP contribution is 2.29. The van der Waals surface area contributed by atoms with E-state index in [0.29, 0.717) is 26.2 Å². The lowest BCUT2D eigenvalue weighted by Gasteiger charge is -2.34. The van der Waals surface area contributed by atoms with Gasteiger partial charge in [-0.2, -0.15) is 0 Å². The van der Waals surface area contributed by atoms with Crippen LogP contribution in [0.2, 0.25) is 0 Å². The molecule has 0 unspecified atom stereocenters. The van der Waals surface area contributed by atoms with Crippen molar-refractivity contribution in [1.82, 2.24) is 10.2 Å². The zero-order valence-electron chi connectivity index (χ0n) is 9.37. The Morgan fingerprint density at radius 2 is 1.76 bits per heavy atom. The van der Waals surface area contributed by atoms with Crippen LogP contribution in [-0.2, 0) is 0 Å². The average Bonchev–Trinajstić information content (AvgIpc) is 2.33. The highest BCUT2D eigenvalue weighted by molar-refractivity contribution is 5.22. The summed E-state index contributed by atoms with van der Waals surface area (Å²) in [6, 6.07) is 4.63. The molecule has 0 aliphatic carbocycles. The molecular weight excluding hydrogens is 229 g/mol. The van der Waals surface area contributed by atoms with Crippen LogP contribution in [0, 0.1) is 5.82 Å². The molecule has 0 radical (unpaired) electrons. The maximum atomic E-state index is 13.6. The minimum Gasteiger partial charge on any atom is -0.314 e. The third kappa shape index (κ3) is 2.79. The Morgan fingerprint density at radius 3 is 2.35 bits per heavy atom. The second-order valence-electron chi connectivity index (χ2n) is 4.09. The Balaban J connectivity index is 2.25. The van der Waals surface area contributed by atoms with Gasteiger partial charge in [0, 0.05) is 31.7 Å². The van der Waals surface area contributed by atoms with E-state index in [2.05, 4.69) is 5.32 Å². The first-order chi connectivity index (χ1) is 8.20. The molecule has 1 aromatic rings. The van der Waals surface area contributed by atoms with Gasteiger partial charge in [0.05, 0.1) is 6.04 Å². The molecule has 0 saturated carbocycles. The number of alkyl halides is 2. The number of nitrogens with one attached hydrogen (secondary N) is 1. The van der Waals surface area contributed by atoms with Crippen molar-refractivity contribution in [1.29, 1.82) is 0 Å². The van der Waals surface area contributed by atoms with Gasteiger partial charge >= 0.3 is 0 Å². The largest absolute Gasteiger partial charge is 0.314 e. The van der Waals surface area contributed by atoms with Gasteiger partial charge in [0.2, 0.25) is 0 Å². The first-order valence-corrected chi connectivity index (χ1v) is 5.67. The van der Waals surface area contributed by atoms with Gasteiger partial charge in [0.1, 0.15) is 5.82 Å². The maximum Gasteiger partial charge on any atom is 0.258 e. The summed E-state index contributed by atoms with van der Waals surface area (Å²) in [5, 5.41) is 3.09. The predicted octanol–water partition coefficient (Wildman–Crippen LogP) is 2.04. The van der Waals surface area contributed by atoms with E-state index >= 15 is 0 Å². The van der Waals surface area contributed by atoms with E-state index in [1.54, 1.807) is 11.0 Å². The summed E-state index contributed by atoms with van der Waals surface area (Å²) in [5.74, 6) is -0.559. The van der Waals surface area contributed by atoms with Crippen molar-refractivity contribution in [2.24, 2.45) is 0 Å². The standard InChI is InChI=1S/C12H15F3N2/c13-10-4-2-1-3-9(10)11(12(14)15)17-7-5-16-6-8-17/h1-4,11-12,16H,5-8H2/t11-/m0/s1. The van der Waals surface area contributed by atoms with Crippen LogP contribution in [0.4, 0.5) is 13.2 Å². The number of hydrogen-bond acceptors (Lipinski definition) is 2. The van der Waals surface area contributed by atoms with Crippen LogP contribution < -0.4 is 5.32 Å². The predicted molar refractivity (Wildman–Crippen MR) is 59.6 cm³/mol. The van der Waals surface area contributed by atoms with E-state index < -0.39 is 18.3 Å². The van der Waals surface area contributed by atoms with E-state index in [9.17, 15) is 13.2 Å². The number of halogens is 3. The Labute approximate surface area is 98.4 Å². The third-order valence-electron chi connectivity index (χ3n) is 3.01. The Kier molecular flexibility index (Phi) is 4.02.